The van der Waals surface area contributed by atoms with Gasteiger partial charge in [-0.2, -0.15) is 0 Å². The minimum atomic E-state index is -1.77. The molecular weight excluding hydrogens is 300 g/mol. The van der Waals surface area contributed by atoms with Crippen molar-refractivity contribution in [1.29, 1.82) is 0 Å². The first-order chi connectivity index (χ1) is 11.2. The van der Waals surface area contributed by atoms with Crippen molar-refractivity contribution in [2.45, 2.75) is 70.7 Å². The van der Waals surface area contributed by atoms with E-state index in [1.807, 2.05) is 0 Å². The van der Waals surface area contributed by atoms with Gasteiger partial charge in [-0.3, -0.25) is 0 Å². The molecule has 3 saturated carbocycles. The average Bonchev–Trinajstić information content (AvgIpc) is 2.85. The maximum absolute atomic E-state index is 11.0. The summed E-state index contributed by atoms with van der Waals surface area (Å²) < 4.78 is 0. The van der Waals surface area contributed by atoms with E-state index in [2.05, 4.69) is 19.8 Å². The van der Waals surface area contributed by atoms with Gasteiger partial charge in [0, 0.05) is 11.8 Å². The summed E-state index contributed by atoms with van der Waals surface area (Å²) in [5.41, 5.74) is 1.08. The largest absolute Gasteiger partial charge is 0.393 e. The van der Waals surface area contributed by atoms with Crippen molar-refractivity contribution < 1.29 is 15.3 Å². The Morgan fingerprint density at radius 1 is 1.08 bits per heavy atom. The fraction of sp³-hybridized carbons (Fsp3) is 0.810. The van der Waals surface area contributed by atoms with Crippen LogP contribution in [0.25, 0.3) is 0 Å². The fourth-order valence-corrected chi connectivity index (χ4v) is 6.94. The predicted octanol–water partition coefficient (Wildman–Crippen LogP) is 2.85. The summed E-state index contributed by atoms with van der Waals surface area (Å²) >= 11 is 0. The molecule has 0 amide bonds. The maximum Gasteiger partial charge on any atom is 0.186 e. The fourth-order valence-electron chi connectivity index (χ4n) is 6.94. The zero-order valence-corrected chi connectivity index (χ0v) is 14.8. The molecular formula is C21H30O3. The van der Waals surface area contributed by atoms with Crippen molar-refractivity contribution in [3.05, 3.63) is 11.6 Å². The number of aliphatic hydroxyl groups excluding tert-OH is 1. The monoisotopic (exact) mass is 330 g/mol. The summed E-state index contributed by atoms with van der Waals surface area (Å²) in [7, 11) is 0. The van der Waals surface area contributed by atoms with E-state index in [-0.39, 0.29) is 40.6 Å². The second-order valence-electron chi connectivity index (χ2n) is 9.35. The van der Waals surface area contributed by atoms with Crippen LogP contribution in [0.5, 0.6) is 0 Å². The van der Waals surface area contributed by atoms with Gasteiger partial charge < -0.3 is 15.3 Å². The molecule has 2 unspecified atom stereocenters. The summed E-state index contributed by atoms with van der Waals surface area (Å²) in [6.45, 7) is 4.56. The molecule has 7 atom stereocenters. The molecule has 132 valence electrons. The van der Waals surface area contributed by atoms with Gasteiger partial charge in [-0.25, -0.2) is 0 Å². The van der Waals surface area contributed by atoms with Gasteiger partial charge in [0.2, 0.25) is 0 Å². The molecule has 3 nitrogen and oxygen atoms in total. The van der Waals surface area contributed by atoms with Crippen LogP contribution in [-0.2, 0) is 0 Å². The summed E-state index contributed by atoms with van der Waals surface area (Å²) in [5.74, 6) is 1.87. The zero-order chi connectivity index (χ0) is 17.3. The lowest BCUT2D eigenvalue weighted by molar-refractivity contribution is -0.234. The lowest BCUT2D eigenvalue weighted by Crippen LogP contribution is -2.59. The molecule has 4 aliphatic carbocycles. The molecule has 0 aromatic rings. The van der Waals surface area contributed by atoms with E-state index in [0.29, 0.717) is 6.42 Å². The van der Waals surface area contributed by atoms with Crippen LogP contribution in [0.2, 0.25) is 0 Å². The first-order valence-electron chi connectivity index (χ1n) is 9.53. The SMILES string of the molecule is C#CC1CC[C@H]2[C@H]3[C@@H](CC[C@]12C)[C@@]1(C)CCC(O)CC1=CC3(O)O. The van der Waals surface area contributed by atoms with E-state index in [1.165, 1.54) is 0 Å². The first kappa shape index (κ1) is 16.6. The van der Waals surface area contributed by atoms with Crippen LogP contribution in [-0.4, -0.2) is 27.2 Å². The average molecular weight is 330 g/mol. The summed E-state index contributed by atoms with van der Waals surface area (Å²) in [6.07, 6.45) is 13.6. The Balaban J connectivity index is 1.78. The van der Waals surface area contributed by atoms with Crippen LogP contribution < -0.4 is 0 Å². The van der Waals surface area contributed by atoms with E-state index in [4.69, 9.17) is 6.42 Å². The molecule has 0 aromatic heterocycles. The van der Waals surface area contributed by atoms with Crippen LogP contribution in [0.4, 0.5) is 0 Å². The first-order valence-corrected chi connectivity index (χ1v) is 9.53. The normalized spacial score (nSPS) is 52.5. The van der Waals surface area contributed by atoms with E-state index >= 15 is 0 Å². The summed E-state index contributed by atoms with van der Waals surface area (Å²) in [6, 6.07) is 0. The highest BCUT2D eigenvalue weighted by atomic mass is 16.5. The molecule has 3 fully saturated rings. The molecule has 4 rings (SSSR count). The summed E-state index contributed by atoms with van der Waals surface area (Å²) in [4.78, 5) is 0. The highest BCUT2D eigenvalue weighted by Gasteiger charge is 2.64. The third kappa shape index (κ3) is 2.03. The predicted molar refractivity (Wildman–Crippen MR) is 92.6 cm³/mol. The molecule has 4 aliphatic rings. The third-order valence-corrected chi connectivity index (χ3v) is 8.35. The van der Waals surface area contributed by atoms with Gasteiger partial charge in [-0.15, -0.1) is 12.3 Å². The Kier molecular flexibility index (Phi) is 3.53. The molecule has 0 saturated heterocycles. The van der Waals surface area contributed by atoms with Crippen molar-refractivity contribution >= 4 is 0 Å². The second-order valence-corrected chi connectivity index (χ2v) is 9.35. The van der Waals surface area contributed by atoms with Crippen LogP contribution in [0, 0.1) is 46.8 Å². The molecule has 3 heteroatoms. The number of aliphatic hydroxyl groups is 3. The zero-order valence-electron chi connectivity index (χ0n) is 14.8. The van der Waals surface area contributed by atoms with Gasteiger partial charge in [-0.05, 0) is 73.7 Å². The van der Waals surface area contributed by atoms with Crippen molar-refractivity contribution in [2.24, 2.45) is 34.5 Å². The Labute approximate surface area is 145 Å². The highest BCUT2D eigenvalue weighted by Crippen LogP contribution is 2.67. The van der Waals surface area contributed by atoms with Crippen LogP contribution in [0.15, 0.2) is 11.6 Å². The number of hydrogen-bond donors (Lipinski definition) is 3. The van der Waals surface area contributed by atoms with Gasteiger partial charge in [0.1, 0.15) is 0 Å². The molecule has 0 radical (unpaired) electrons. The number of terminal acetylenes is 1. The highest BCUT2D eigenvalue weighted by molar-refractivity contribution is 5.30. The van der Waals surface area contributed by atoms with Gasteiger partial charge in [0.15, 0.2) is 5.79 Å². The molecule has 0 spiro atoms. The van der Waals surface area contributed by atoms with Gasteiger partial charge in [0.25, 0.3) is 0 Å². The molecule has 0 aromatic carbocycles. The lowest BCUT2D eigenvalue weighted by Gasteiger charge is -2.60. The van der Waals surface area contributed by atoms with E-state index in [9.17, 15) is 15.3 Å². The van der Waals surface area contributed by atoms with Gasteiger partial charge in [0.05, 0.1) is 6.10 Å². The minimum Gasteiger partial charge on any atom is -0.393 e. The van der Waals surface area contributed by atoms with E-state index in [1.54, 1.807) is 6.08 Å². The second kappa shape index (κ2) is 5.10. The van der Waals surface area contributed by atoms with E-state index in [0.717, 1.165) is 44.1 Å². The number of rotatable bonds is 0. The Hall–Kier alpha value is -0.820. The maximum atomic E-state index is 11.0. The van der Waals surface area contributed by atoms with Gasteiger partial charge >= 0.3 is 0 Å². The Morgan fingerprint density at radius 3 is 2.54 bits per heavy atom. The van der Waals surface area contributed by atoms with E-state index < -0.39 is 5.79 Å². The minimum absolute atomic E-state index is 0.00554. The summed E-state index contributed by atoms with van der Waals surface area (Å²) in [5, 5.41) is 32.0. The molecule has 3 N–H and O–H groups in total. The van der Waals surface area contributed by atoms with Gasteiger partial charge in [-0.1, -0.05) is 19.4 Å². The van der Waals surface area contributed by atoms with Crippen molar-refractivity contribution in [2.75, 3.05) is 0 Å². The molecule has 0 bridgehead atoms. The van der Waals surface area contributed by atoms with Crippen LogP contribution >= 0.6 is 0 Å². The topological polar surface area (TPSA) is 60.7 Å². The lowest BCUT2D eigenvalue weighted by atomic mass is 9.46. The molecule has 0 heterocycles. The third-order valence-electron chi connectivity index (χ3n) is 8.35. The molecule has 24 heavy (non-hydrogen) atoms. The van der Waals surface area contributed by atoms with Crippen LogP contribution in [0.3, 0.4) is 0 Å². The van der Waals surface area contributed by atoms with Crippen molar-refractivity contribution in [1.82, 2.24) is 0 Å². The number of fused-ring (bicyclic) bond motifs is 5. The van der Waals surface area contributed by atoms with Crippen LogP contribution in [0.1, 0.15) is 58.8 Å². The van der Waals surface area contributed by atoms with Crippen molar-refractivity contribution in [3.8, 4) is 12.3 Å². The molecule has 0 aliphatic heterocycles. The standard InChI is InChI=1S/C21H30O3/c1-4-13-5-6-16-18-17(8-10-19(13,16)2)20(3)9-7-15(22)11-14(20)12-21(18,23)24/h1,12-13,15-18,22-24H,5-11H2,2-3H3/t13?,15?,16-,17+,18-,19+,20-/m0/s1. The van der Waals surface area contributed by atoms with Crippen molar-refractivity contribution in [3.63, 3.8) is 0 Å². The smallest absolute Gasteiger partial charge is 0.186 e. The Bertz CT molecular complexity index is 615. The Morgan fingerprint density at radius 2 is 1.83 bits per heavy atom. The quantitative estimate of drug-likeness (QED) is 0.364. The number of hydrogen-bond acceptors (Lipinski definition) is 3.